The van der Waals surface area contributed by atoms with Crippen LogP contribution < -0.4 is 5.73 Å². The van der Waals surface area contributed by atoms with Gasteiger partial charge in [-0.25, -0.2) is 9.37 Å². The summed E-state index contributed by atoms with van der Waals surface area (Å²) in [5, 5.41) is 0. The molecule has 0 saturated carbocycles. The monoisotopic (exact) mass is 379 g/mol. The van der Waals surface area contributed by atoms with Crippen molar-refractivity contribution in [1.82, 2.24) is 9.55 Å². The van der Waals surface area contributed by atoms with Crippen molar-refractivity contribution in [2.45, 2.75) is 19.9 Å². The smallest absolute Gasteiger partial charge is 0.201 e. The minimum Gasteiger partial charge on any atom is -0.369 e. The number of rotatable bonds is 4. The van der Waals surface area contributed by atoms with Crippen LogP contribution in [0, 0.1) is 9.39 Å². The average Bonchev–Trinajstić information content (AvgIpc) is 2.62. The first-order valence-corrected chi connectivity index (χ1v) is 7.98. The van der Waals surface area contributed by atoms with E-state index in [1.54, 1.807) is 6.07 Å². The number of anilines is 1. The lowest BCUT2D eigenvalue weighted by Gasteiger charge is -2.15. The van der Waals surface area contributed by atoms with E-state index in [2.05, 4.69) is 18.8 Å². The molecule has 1 unspecified atom stereocenters. The first-order chi connectivity index (χ1) is 8.54. The molecule has 0 fully saturated rings. The Balaban J connectivity index is 2.49. The molecule has 6 heteroatoms. The molecule has 0 radical (unpaired) electrons. The van der Waals surface area contributed by atoms with Gasteiger partial charge in [0, 0.05) is 17.9 Å². The lowest BCUT2D eigenvalue weighted by Crippen LogP contribution is -2.11. The van der Waals surface area contributed by atoms with Gasteiger partial charge in [0.2, 0.25) is 5.95 Å². The number of benzene rings is 1. The maximum Gasteiger partial charge on any atom is 0.201 e. The molecule has 0 bridgehead atoms. The second-order valence-corrected chi connectivity index (χ2v) is 6.58. The quantitative estimate of drug-likeness (QED) is 0.825. The Labute approximate surface area is 123 Å². The molecule has 0 amide bonds. The van der Waals surface area contributed by atoms with E-state index < -0.39 is 0 Å². The standard InChI is InChI=1S/C12H15FIN3S/c1-3-18-6-7(2)17-11-4-8(13)9(14)5-10(11)16-12(17)15/h4-5,7H,3,6H2,1-2H3,(H2,15,16). The highest BCUT2D eigenvalue weighted by atomic mass is 127. The van der Waals surface area contributed by atoms with E-state index in [0.29, 0.717) is 9.52 Å². The largest absolute Gasteiger partial charge is 0.369 e. The van der Waals surface area contributed by atoms with Gasteiger partial charge in [-0.15, -0.1) is 0 Å². The lowest BCUT2D eigenvalue weighted by molar-refractivity contribution is 0.614. The zero-order valence-electron chi connectivity index (χ0n) is 10.3. The van der Waals surface area contributed by atoms with Gasteiger partial charge < -0.3 is 10.3 Å². The fraction of sp³-hybridized carbons (Fsp3) is 0.417. The van der Waals surface area contributed by atoms with E-state index in [-0.39, 0.29) is 11.9 Å². The summed E-state index contributed by atoms with van der Waals surface area (Å²) in [5.74, 6) is 2.23. The predicted octanol–water partition coefficient (Wildman–Crippen LogP) is 3.68. The van der Waals surface area contributed by atoms with Gasteiger partial charge in [0.15, 0.2) is 0 Å². The summed E-state index contributed by atoms with van der Waals surface area (Å²) >= 11 is 3.80. The molecule has 1 atom stereocenters. The molecule has 1 heterocycles. The normalized spacial score (nSPS) is 13.1. The number of hydrogen-bond acceptors (Lipinski definition) is 3. The summed E-state index contributed by atoms with van der Waals surface area (Å²) in [6, 6.07) is 3.46. The van der Waals surface area contributed by atoms with Gasteiger partial charge in [-0.3, -0.25) is 0 Å². The maximum atomic E-state index is 13.7. The van der Waals surface area contributed by atoms with E-state index in [4.69, 9.17) is 5.73 Å². The molecule has 1 aromatic heterocycles. The Hall–Kier alpha value is -0.500. The van der Waals surface area contributed by atoms with Crippen molar-refractivity contribution >= 4 is 51.3 Å². The highest BCUT2D eigenvalue weighted by Crippen LogP contribution is 2.27. The summed E-state index contributed by atoms with van der Waals surface area (Å²) in [6.45, 7) is 4.20. The number of nitrogens with two attached hydrogens (primary N) is 1. The van der Waals surface area contributed by atoms with Crippen LogP contribution in [0.25, 0.3) is 11.0 Å². The molecule has 2 N–H and O–H groups in total. The van der Waals surface area contributed by atoms with Gasteiger partial charge >= 0.3 is 0 Å². The molecule has 3 nitrogen and oxygen atoms in total. The summed E-state index contributed by atoms with van der Waals surface area (Å²) in [7, 11) is 0. The number of nitrogens with zero attached hydrogens (tertiary/aromatic N) is 2. The van der Waals surface area contributed by atoms with Gasteiger partial charge in [0.05, 0.1) is 14.6 Å². The fourth-order valence-electron chi connectivity index (χ4n) is 1.94. The highest BCUT2D eigenvalue weighted by Gasteiger charge is 2.15. The highest BCUT2D eigenvalue weighted by molar-refractivity contribution is 14.1. The van der Waals surface area contributed by atoms with Gasteiger partial charge in [-0.05, 0) is 41.3 Å². The third-order valence-corrected chi connectivity index (χ3v) is 4.72. The van der Waals surface area contributed by atoms with Crippen LogP contribution in [0.1, 0.15) is 19.9 Å². The molecule has 0 aliphatic rings. The number of halogens is 2. The summed E-state index contributed by atoms with van der Waals surface area (Å²) in [6.07, 6.45) is 0. The molecule has 98 valence electrons. The van der Waals surface area contributed by atoms with Crippen molar-refractivity contribution in [3.63, 3.8) is 0 Å². The van der Waals surface area contributed by atoms with Crippen molar-refractivity contribution in [1.29, 1.82) is 0 Å². The Morgan fingerprint density at radius 2 is 2.28 bits per heavy atom. The number of nitrogen functional groups attached to an aromatic ring is 1. The van der Waals surface area contributed by atoms with Crippen LogP contribution >= 0.6 is 34.4 Å². The van der Waals surface area contributed by atoms with Crippen LogP contribution in [0.2, 0.25) is 0 Å². The van der Waals surface area contributed by atoms with E-state index in [1.165, 1.54) is 6.07 Å². The predicted molar refractivity (Wildman–Crippen MR) is 84.5 cm³/mol. The summed E-state index contributed by atoms with van der Waals surface area (Å²) in [5.41, 5.74) is 7.47. The SMILES string of the molecule is CCSCC(C)n1c(N)nc2cc(I)c(F)cc21. The van der Waals surface area contributed by atoms with E-state index in [9.17, 15) is 4.39 Å². The van der Waals surface area contributed by atoms with Gasteiger partial charge in [-0.1, -0.05) is 6.92 Å². The molecule has 0 aliphatic carbocycles. The van der Waals surface area contributed by atoms with Crippen LogP contribution in [0.3, 0.4) is 0 Å². The van der Waals surface area contributed by atoms with Crippen molar-refractivity contribution in [2.75, 3.05) is 17.2 Å². The minimum absolute atomic E-state index is 0.208. The molecule has 0 aliphatic heterocycles. The van der Waals surface area contributed by atoms with Crippen LogP contribution in [0.15, 0.2) is 12.1 Å². The van der Waals surface area contributed by atoms with Crippen molar-refractivity contribution in [3.8, 4) is 0 Å². The fourth-order valence-corrected chi connectivity index (χ4v) is 3.11. The second kappa shape index (κ2) is 5.64. The second-order valence-electron chi connectivity index (χ2n) is 4.10. The Bertz CT molecular complexity index is 570. The molecular weight excluding hydrogens is 364 g/mol. The number of thioether (sulfide) groups is 1. The van der Waals surface area contributed by atoms with E-state index >= 15 is 0 Å². The van der Waals surface area contributed by atoms with E-state index in [0.717, 1.165) is 22.5 Å². The number of aromatic nitrogens is 2. The Morgan fingerprint density at radius 3 is 2.94 bits per heavy atom. The molecule has 1 aromatic carbocycles. The minimum atomic E-state index is -0.223. The zero-order valence-corrected chi connectivity index (χ0v) is 13.3. The third kappa shape index (κ3) is 2.59. The van der Waals surface area contributed by atoms with Crippen LogP contribution in [-0.2, 0) is 0 Å². The molecule has 2 aromatic rings. The first-order valence-electron chi connectivity index (χ1n) is 5.74. The van der Waals surface area contributed by atoms with Gasteiger partial charge in [0.25, 0.3) is 0 Å². The van der Waals surface area contributed by atoms with Crippen molar-refractivity contribution in [3.05, 3.63) is 21.5 Å². The van der Waals surface area contributed by atoms with Gasteiger partial charge in [0.1, 0.15) is 5.82 Å². The van der Waals surface area contributed by atoms with Crippen molar-refractivity contribution in [2.24, 2.45) is 0 Å². The molecule has 18 heavy (non-hydrogen) atoms. The number of imidazole rings is 1. The molecule has 0 spiro atoms. The van der Waals surface area contributed by atoms with Crippen LogP contribution in [0.4, 0.5) is 10.3 Å². The molecular formula is C12H15FIN3S. The molecule has 2 rings (SSSR count). The van der Waals surface area contributed by atoms with Crippen molar-refractivity contribution < 1.29 is 4.39 Å². The van der Waals surface area contributed by atoms with E-state index in [1.807, 2.05) is 38.9 Å². The Kier molecular flexibility index (Phi) is 4.37. The number of fused-ring (bicyclic) bond motifs is 1. The zero-order chi connectivity index (χ0) is 13.3. The van der Waals surface area contributed by atoms with Gasteiger partial charge in [-0.2, -0.15) is 11.8 Å². The van der Waals surface area contributed by atoms with Crippen LogP contribution in [0.5, 0.6) is 0 Å². The third-order valence-electron chi connectivity index (χ3n) is 2.76. The topological polar surface area (TPSA) is 43.8 Å². The Morgan fingerprint density at radius 1 is 1.56 bits per heavy atom. The summed E-state index contributed by atoms with van der Waals surface area (Å²) in [4.78, 5) is 4.30. The first kappa shape index (κ1) is 13.9. The molecule has 0 saturated heterocycles. The summed E-state index contributed by atoms with van der Waals surface area (Å²) < 4.78 is 16.1. The average molecular weight is 379 g/mol. The van der Waals surface area contributed by atoms with Crippen LogP contribution in [-0.4, -0.2) is 21.1 Å². The number of hydrogen-bond donors (Lipinski definition) is 1. The maximum absolute atomic E-state index is 13.7. The lowest BCUT2D eigenvalue weighted by atomic mass is 10.3.